The van der Waals surface area contributed by atoms with E-state index >= 15 is 0 Å². The summed E-state index contributed by atoms with van der Waals surface area (Å²) in [6, 6.07) is 57.9. The summed E-state index contributed by atoms with van der Waals surface area (Å²) in [5.41, 5.74) is 11.7. The maximum Gasteiger partial charge on any atom is 0.160 e. The van der Waals surface area contributed by atoms with E-state index in [2.05, 4.69) is 138 Å². The van der Waals surface area contributed by atoms with Crippen LogP contribution in [-0.4, -0.2) is 15.0 Å². The molecule has 0 aliphatic rings. The molecule has 3 heterocycles. The van der Waals surface area contributed by atoms with Crippen molar-refractivity contribution >= 4 is 31.5 Å². The van der Waals surface area contributed by atoms with Crippen LogP contribution in [-0.2, 0) is 0 Å². The largest absolute Gasteiger partial charge is 0.265 e. The Morgan fingerprint density at radius 1 is 0.327 bits per heavy atom. The topological polar surface area (TPSA) is 38.7 Å². The predicted molar refractivity (Wildman–Crippen MR) is 205 cm³/mol. The van der Waals surface area contributed by atoms with Gasteiger partial charge in [0.15, 0.2) is 5.82 Å². The third-order valence-electron chi connectivity index (χ3n) is 8.98. The second kappa shape index (κ2) is 12.4. The second-order valence-electron chi connectivity index (χ2n) is 12.1. The lowest BCUT2D eigenvalue weighted by atomic mass is 9.93. The van der Waals surface area contributed by atoms with Crippen molar-refractivity contribution in [2.75, 3.05) is 0 Å². The van der Waals surface area contributed by atoms with Crippen molar-refractivity contribution in [3.63, 3.8) is 0 Å². The molecule has 3 nitrogen and oxygen atoms in total. The number of fused-ring (bicyclic) bond motifs is 3. The molecule has 0 aliphatic carbocycles. The molecule has 6 aromatic carbocycles. The summed E-state index contributed by atoms with van der Waals surface area (Å²) in [5.74, 6) is 0.695. The van der Waals surface area contributed by atoms with E-state index in [0.717, 1.165) is 55.9 Å². The van der Waals surface area contributed by atoms with Crippen molar-refractivity contribution in [1.82, 2.24) is 15.0 Å². The molecule has 0 saturated carbocycles. The Balaban J connectivity index is 1.25. The Bertz CT molecular complexity index is 2590. The third-order valence-corrected chi connectivity index (χ3v) is 10.1. The van der Waals surface area contributed by atoms with Gasteiger partial charge in [-0.05, 0) is 94.0 Å². The van der Waals surface area contributed by atoms with Crippen molar-refractivity contribution in [3.05, 3.63) is 176 Å². The molecule has 0 N–H and O–H groups in total. The number of hydrogen-bond donors (Lipinski definition) is 0. The van der Waals surface area contributed by atoms with Crippen LogP contribution in [0, 0.1) is 0 Å². The minimum absolute atomic E-state index is 0.695. The first kappa shape index (κ1) is 29.0. The monoisotopic (exact) mass is 643 g/mol. The molecule has 0 bridgehead atoms. The number of pyridine rings is 1. The van der Waals surface area contributed by atoms with E-state index in [1.807, 2.05) is 54.1 Å². The molecule has 3 aromatic heterocycles. The lowest BCUT2D eigenvalue weighted by Crippen LogP contribution is -1.97. The molecule has 0 amide bonds. The molecular formula is C45H29N3S. The highest BCUT2D eigenvalue weighted by Gasteiger charge is 2.15. The van der Waals surface area contributed by atoms with Gasteiger partial charge < -0.3 is 0 Å². The average Bonchev–Trinajstić information content (AvgIpc) is 3.57. The molecule has 0 aliphatic heterocycles. The van der Waals surface area contributed by atoms with Crippen LogP contribution >= 0.6 is 11.3 Å². The van der Waals surface area contributed by atoms with Gasteiger partial charge in [-0.25, -0.2) is 9.97 Å². The molecule has 9 rings (SSSR count). The molecule has 4 heteroatoms. The van der Waals surface area contributed by atoms with Crippen LogP contribution in [0.4, 0.5) is 0 Å². The summed E-state index contributed by atoms with van der Waals surface area (Å²) in [6.45, 7) is 0. The summed E-state index contributed by atoms with van der Waals surface area (Å²) in [7, 11) is 0. The van der Waals surface area contributed by atoms with Gasteiger partial charge in [-0.3, -0.25) is 4.98 Å². The third kappa shape index (κ3) is 5.69. The van der Waals surface area contributed by atoms with Gasteiger partial charge in [0.1, 0.15) is 0 Å². The van der Waals surface area contributed by atoms with E-state index in [1.165, 1.54) is 25.7 Å². The molecule has 0 fully saturated rings. The Kier molecular flexibility index (Phi) is 7.34. The van der Waals surface area contributed by atoms with Crippen LogP contribution in [0.1, 0.15) is 0 Å². The number of thiophene rings is 1. The zero-order valence-corrected chi connectivity index (χ0v) is 27.3. The van der Waals surface area contributed by atoms with Gasteiger partial charge in [0.05, 0.1) is 11.4 Å². The molecule has 0 radical (unpaired) electrons. The minimum Gasteiger partial charge on any atom is -0.265 e. The maximum absolute atomic E-state index is 5.21. The van der Waals surface area contributed by atoms with Crippen LogP contribution in [0.2, 0.25) is 0 Å². The van der Waals surface area contributed by atoms with Gasteiger partial charge in [0, 0.05) is 49.3 Å². The van der Waals surface area contributed by atoms with E-state index in [1.54, 1.807) is 0 Å². The molecule has 0 atom stereocenters. The number of aromatic nitrogens is 3. The molecule has 230 valence electrons. The summed E-state index contributed by atoms with van der Waals surface area (Å²) in [5, 5.41) is 2.58. The van der Waals surface area contributed by atoms with Crippen molar-refractivity contribution in [1.29, 1.82) is 0 Å². The first-order valence-corrected chi connectivity index (χ1v) is 17.1. The highest BCUT2D eigenvalue weighted by molar-refractivity contribution is 7.25. The van der Waals surface area contributed by atoms with Crippen molar-refractivity contribution in [3.8, 4) is 67.3 Å². The first-order valence-electron chi connectivity index (χ1n) is 16.3. The van der Waals surface area contributed by atoms with Gasteiger partial charge in [0.25, 0.3) is 0 Å². The SMILES string of the molecule is c1ccc(-c2cc(-c3ccc4sc5ccccc5c4c3)cc(-c3cc(-c4cccc(-c5ccncc5)c4)nc(-c4ccccc4)n3)c2)cc1. The summed E-state index contributed by atoms with van der Waals surface area (Å²) in [6.07, 6.45) is 3.66. The van der Waals surface area contributed by atoms with Crippen LogP contribution in [0.25, 0.3) is 87.5 Å². The Hall–Kier alpha value is -6.23. The molecule has 0 saturated heterocycles. The van der Waals surface area contributed by atoms with Crippen molar-refractivity contribution in [2.45, 2.75) is 0 Å². The van der Waals surface area contributed by atoms with Crippen molar-refractivity contribution in [2.24, 2.45) is 0 Å². The summed E-state index contributed by atoms with van der Waals surface area (Å²) >= 11 is 1.84. The van der Waals surface area contributed by atoms with Gasteiger partial charge >= 0.3 is 0 Å². The zero-order valence-electron chi connectivity index (χ0n) is 26.5. The second-order valence-corrected chi connectivity index (χ2v) is 13.2. The van der Waals surface area contributed by atoms with Gasteiger partial charge in [0.2, 0.25) is 0 Å². The Morgan fingerprint density at radius 3 is 1.67 bits per heavy atom. The Morgan fingerprint density at radius 2 is 0.878 bits per heavy atom. The first-order chi connectivity index (χ1) is 24.2. The van der Waals surface area contributed by atoms with Crippen LogP contribution < -0.4 is 0 Å². The normalized spacial score (nSPS) is 11.3. The Labute approximate surface area is 288 Å². The van der Waals surface area contributed by atoms with Crippen molar-refractivity contribution < 1.29 is 0 Å². The number of hydrogen-bond acceptors (Lipinski definition) is 4. The molecule has 9 aromatic rings. The lowest BCUT2D eigenvalue weighted by Gasteiger charge is -2.14. The van der Waals surface area contributed by atoms with Gasteiger partial charge in [-0.1, -0.05) is 103 Å². The van der Waals surface area contributed by atoms with E-state index in [9.17, 15) is 0 Å². The maximum atomic E-state index is 5.21. The lowest BCUT2D eigenvalue weighted by molar-refractivity contribution is 1.18. The van der Waals surface area contributed by atoms with E-state index < -0.39 is 0 Å². The average molecular weight is 644 g/mol. The fraction of sp³-hybridized carbons (Fsp3) is 0. The highest BCUT2D eigenvalue weighted by Crippen LogP contribution is 2.39. The minimum atomic E-state index is 0.695. The number of nitrogens with zero attached hydrogens (tertiary/aromatic N) is 3. The molecule has 49 heavy (non-hydrogen) atoms. The fourth-order valence-corrected chi connectivity index (χ4v) is 7.59. The molecular weight excluding hydrogens is 615 g/mol. The highest BCUT2D eigenvalue weighted by atomic mass is 32.1. The molecule has 0 unspecified atom stereocenters. The summed E-state index contributed by atoms with van der Waals surface area (Å²) < 4.78 is 2.61. The fourth-order valence-electron chi connectivity index (χ4n) is 6.51. The van der Waals surface area contributed by atoms with Crippen LogP contribution in [0.3, 0.4) is 0 Å². The van der Waals surface area contributed by atoms with Gasteiger partial charge in [-0.15, -0.1) is 11.3 Å². The van der Waals surface area contributed by atoms with Crippen LogP contribution in [0.5, 0.6) is 0 Å². The standard InChI is InChI=1S/C45H29N3S/c1-3-10-30(11-4-1)36-25-37(34-18-19-44-40(28-34)39-16-7-8-17-43(39)49-44)27-38(26-36)42-29-41(47-45(48-42)32-12-5-2-6-13-32)35-15-9-14-33(24-35)31-20-22-46-23-21-31/h1-29H. The van der Waals surface area contributed by atoms with Gasteiger partial charge in [-0.2, -0.15) is 0 Å². The smallest absolute Gasteiger partial charge is 0.160 e. The quantitative estimate of drug-likeness (QED) is 0.181. The van der Waals surface area contributed by atoms with E-state index in [0.29, 0.717) is 5.82 Å². The summed E-state index contributed by atoms with van der Waals surface area (Å²) in [4.78, 5) is 14.5. The number of rotatable bonds is 6. The van der Waals surface area contributed by atoms with Crippen LogP contribution in [0.15, 0.2) is 176 Å². The zero-order chi connectivity index (χ0) is 32.6. The van der Waals surface area contributed by atoms with E-state index in [4.69, 9.17) is 9.97 Å². The number of benzene rings is 6. The predicted octanol–water partition coefficient (Wildman–Crippen LogP) is 12.2. The molecule has 0 spiro atoms. The van der Waals surface area contributed by atoms with E-state index in [-0.39, 0.29) is 0 Å².